The molecule has 0 saturated carbocycles. The Labute approximate surface area is 163 Å². The third kappa shape index (κ3) is 5.13. The molecule has 0 amide bonds. The van der Waals surface area contributed by atoms with E-state index in [0.29, 0.717) is 5.92 Å². The van der Waals surface area contributed by atoms with Gasteiger partial charge in [-0.15, -0.1) is 13.2 Å². The van der Waals surface area contributed by atoms with Crippen molar-refractivity contribution in [2.75, 3.05) is 0 Å². The summed E-state index contributed by atoms with van der Waals surface area (Å²) in [4.78, 5) is 0. The predicted octanol–water partition coefficient (Wildman–Crippen LogP) is 7.31. The Balaban J connectivity index is 1.75. The van der Waals surface area contributed by atoms with Crippen molar-refractivity contribution in [3.8, 4) is 16.9 Å². The van der Waals surface area contributed by atoms with E-state index < -0.39 is 23.7 Å². The molecule has 0 unspecified atom stereocenters. The second-order valence-corrected chi connectivity index (χ2v) is 10.2. The highest BCUT2D eigenvalue weighted by Gasteiger charge is 2.32. The molecule has 1 heterocycles. The lowest BCUT2D eigenvalue weighted by Gasteiger charge is -2.27. The van der Waals surface area contributed by atoms with E-state index in [1.165, 1.54) is 36.7 Å². The van der Waals surface area contributed by atoms with Gasteiger partial charge in [0, 0.05) is 14.4 Å². The third-order valence-electron chi connectivity index (χ3n) is 5.23. The molecular formula is C21H22F5OSi. The molecule has 0 bridgehead atoms. The number of hydrogen-bond donors (Lipinski definition) is 0. The van der Waals surface area contributed by atoms with E-state index in [9.17, 15) is 22.0 Å². The molecular weight excluding hydrogens is 391 g/mol. The SMILES string of the molecule is CCC[Si]1CCC(c2ccc(-c3ccc(OC(F)(F)F)c(F)c3)c(F)c2)CC1. The summed E-state index contributed by atoms with van der Waals surface area (Å²) in [5, 5.41) is 0. The maximum atomic E-state index is 14.7. The highest BCUT2D eigenvalue weighted by atomic mass is 28.3. The van der Waals surface area contributed by atoms with E-state index in [-0.39, 0.29) is 19.9 Å². The molecule has 2 aromatic carbocycles. The molecule has 0 atom stereocenters. The second-order valence-electron chi connectivity index (χ2n) is 7.21. The molecule has 1 aliphatic heterocycles. The van der Waals surface area contributed by atoms with E-state index in [0.717, 1.165) is 30.5 Å². The molecule has 0 N–H and O–H groups in total. The molecule has 151 valence electrons. The molecule has 0 spiro atoms. The Kier molecular flexibility index (Phi) is 6.42. The van der Waals surface area contributed by atoms with Crippen molar-refractivity contribution in [1.29, 1.82) is 0 Å². The van der Waals surface area contributed by atoms with Crippen LogP contribution in [0.25, 0.3) is 11.1 Å². The van der Waals surface area contributed by atoms with Gasteiger partial charge in [-0.25, -0.2) is 8.78 Å². The quantitative estimate of drug-likeness (QED) is 0.369. The summed E-state index contributed by atoms with van der Waals surface area (Å²) in [5.74, 6) is -2.27. The number of halogens is 5. The molecule has 0 aliphatic carbocycles. The van der Waals surface area contributed by atoms with Crippen LogP contribution in [0, 0.1) is 11.6 Å². The normalized spacial score (nSPS) is 16.4. The van der Waals surface area contributed by atoms with Gasteiger partial charge in [-0.2, -0.15) is 0 Å². The molecule has 1 radical (unpaired) electrons. The van der Waals surface area contributed by atoms with Crippen LogP contribution in [-0.4, -0.2) is 15.2 Å². The Bertz CT molecular complexity index is 813. The van der Waals surface area contributed by atoms with Gasteiger partial charge < -0.3 is 4.74 Å². The van der Waals surface area contributed by atoms with Gasteiger partial charge in [0.15, 0.2) is 11.6 Å². The molecule has 7 heteroatoms. The lowest BCUT2D eigenvalue weighted by Crippen LogP contribution is -2.20. The van der Waals surface area contributed by atoms with Gasteiger partial charge in [-0.1, -0.05) is 49.7 Å². The first kappa shape index (κ1) is 20.8. The van der Waals surface area contributed by atoms with Gasteiger partial charge in [0.05, 0.1) is 0 Å². The van der Waals surface area contributed by atoms with Crippen molar-refractivity contribution in [2.24, 2.45) is 0 Å². The van der Waals surface area contributed by atoms with E-state index >= 15 is 0 Å². The first-order chi connectivity index (χ1) is 13.3. The monoisotopic (exact) mass is 413 g/mol. The maximum Gasteiger partial charge on any atom is 0.573 e. The lowest BCUT2D eigenvalue weighted by molar-refractivity contribution is -0.275. The van der Waals surface area contributed by atoms with Crippen molar-refractivity contribution in [3.05, 3.63) is 53.6 Å². The molecule has 3 rings (SSSR count). The van der Waals surface area contributed by atoms with Crippen LogP contribution in [0.3, 0.4) is 0 Å². The predicted molar refractivity (Wildman–Crippen MR) is 101 cm³/mol. The summed E-state index contributed by atoms with van der Waals surface area (Å²) >= 11 is 0. The average molecular weight is 413 g/mol. The summed E-state index contributed by atoms with van der Waals surface area (Å²) in [7, 11) is -0.248. The van der Waals surface area contributed by atoms with Crippen LogP contribution >= 0.6 is 0 Å². The van der Waals surface area contributed by atoms with Crippen molar-refractivity contribution >= 4 is 8.80 Å². The first-order valence-corrected chi connectivity index (χ1v) is 11.6. The van der Waals surface area contributed by atoms with Crippen LogP contribution in [-0.2, 0) is 0 Å². The molecule has 28 heavy (non-hydrogen) atoms. The second kappa shape index (κ2) is 8.63. The summed E-state index contributed by atoms with van der Waals surface area (Å²) in [6.45, 7) is 2.21. The minimum absolute atomic E-state index is 0.160. The number of rotatable bonds is 5. The number of hydrogen-bond acceptors (Lipinski definition) is 1. The summed E-state index contributed by atoms with van der Waals surface area (Å²) < 4.78 is 68.9. The van der Waals surface area contributed by atoms with Gasteiger partial charge in [0.25, 0.3) is 0 Å². The van der Waals surface area contributed by atoms with Gasteiger partial charge in [-0.3, -0.25) is 0 Å². The van der Waals surface area contributed by atoms with Crippen LogP contribution in [0.15, 0.2) is 36.4 Å². The smallest absolute Gasteiger partial charge is 0.403 e. The first-order valence-electron chi connectivity index (χ1n) is 9.45. The van der Waals surface area contributed by atoms with E-state index in [2.05, 4.69) is 11.7 Å². The summed E-state index contributed by atoms with van der Waals surface area (Å²) in [6.07, 6.45) is -1.60. The molecule has 2 aromatic rings. The minimum atomic E-state index is -4.98. The molecule has 0 aromatic heterocycles. The largest absolute Gasteiger partial charge is 0.573 e. The fraction of sp³-hybridized carbons (Fsp3) is 0.429. The van der Waals surface area contributed by atoms with Crippen LogP contribution < -0.4 is 4.74 Å². The van der Waals surface area contributed by atoms with Crippen LogP contribution in [0.1, 0.15) is 37.7 Å². The third-order valence-corrected chi connectivity index (χ3v) is 8.43. The van der Waals surface area contributed by atoms with Crippen LogP contribution in [0.4, 0.5) is 22.0 Å². The van der Waals surface area contributed by atoms with Crippen molar-refractivity contribution in [1.82, 2.24) is 0 Å². The van der Waals surface area contributed by atoms with Gasteiger partial charge in [0.2, 0.25) is 0 Å². The van der Waals surface area contributed by atoms with E-state index in [1.54, 1.807) is 6.07 Å². The lowest BCUT2D eigenvalue weighted by atomic mass is 9.91. The zero-order valence-corrected chi connectivity index (χ0v) is 16.6. The summed E-state index contributed by atoms with van der Waals surface area (Å²) in [6, 6.07) is 11.7. The van der Waals surface area contributed by atoms with Crippen LogP contribution in [0.5, 0.6) is 5.75 Å². The van der Waals surface area contributed by atoms with Crippen molar-refractivity contribution in [3.63, 3.8) is 0 Å². The highest BCUT2D eigenvalue weighted by Crippen LogP contribution is 2.37. The Morgan fingerprint density at radius 3 is 2.29 bits per heavy atom. The average Bonchev–Trinajstić information content (AvgIpc) is 2.63. The molecule has 1 fully saturated rings. The van der Waals surface area contributed by atoms with E-state index in [4.69, 9.17) is 0 Å². The minimum Gasteiger partial charge on any atom is -0.403 e. The van der Waals surface area contributed by atoms with E-state index in [1.807, 2.05) is 6.07 Å². The zero-order valence-electron chi connectivity index (χ0n) is 15.6. The molecule has 1 aliphatic rings. The highest BCUT2D eigenvalue weighted by molar-refractivity contribution is 6.59. The van der Waals surface area contributed by atoms with Gasteiger partial charge >= 0.3 is 6.36 Å². The molecule has 1 saturated heterocycles. The van der Waals surface area contributed by atoms with Crippen molar-refractivity contribution in [2.45, 2.75) is 56.6 Å². The van der Waals surface area contributed by atoms with Crippen LogP contribution in [0.2, 0.25) is 18.1 Å². The van der Waals surface area contributed by atoms with Crippen molar-refractivity contribution < 1.29 is 26.7 Å². The Morgan fingerprint density at radius 1 is 1.00 bits per heavy atom. The Morgan fingerprint density at radius 2 is 1.71 bits per heavy atom. The zero-order chi connectivity index (χ0) is 20.3. The Hall–Kier alpha value is -1.89. The summed E-state index contributed by atoms with van der Waals surface area (Å²) in [5.41, 5.74) is 1.28. The standard InChI is InChI=1S/C21H22F5OSi/c1-2-9-28-10-7-14(8-11-28)15-3-5-17(18(22)12-15)16-4-6-20(19(23)13-16)27-21(24,25)26/h3-6,12-14H,2,7-11H2,1H3. The number of ether oxygens (including phenoxy) is 1. The van der Waals surface area contributed by atoms with Gasteiger partial charge in [-0.05, 0) is 48.1 Å². The fourth-order valence-corrected chi connectivity index (χ4v) is 6.83. The number of alkyl halides is 3. The topological polar surface area (TPSA) is 9.23 Å². The number of benzene rings is 2. The molecule has 1 nitrogen and oxygen atoms in total. The van der Waals surface area contributed by atoms with Gasteiger partial charge in [0.1, 0.15) is 5.82 Å². The fourth-order valence-electron chi connectivity index (χ4n) is 3.86. The maximum absolute atomic E-state index is 14.7.